The van der Waals surface area contributed by atoms with E-state index in [1.807, 2.05) is 24.3 Å². The van der Waals surface area contributed by atoms with Gasteiger partial charge in [0.1, 0.15) is 0 Å². The smallest absolute Gasteiger partial charge is 0.255 e. The highest BCUT2D eigenvalue weighted by molar-refractivity contribution is 7.90. The highest BCUT2D eigenvalue weighted by Crippen LogP contribution is 2.35. The molecule has 0 aliphatic heterocycles. The van der Waals surface area contributed by atoms with Gasteiger partial charge in [0.25, 0.3) is 5.91 Å². The van der Waals surface area contributed by atoms with Gasteiger partial charge >= 0.3 is 0 Å². The lowest BCUT2D eigenvalue weighted by molar-refractivity contribution is 0.102. The van der Waals surface area contributed by atoms with Crippen LogP contribution in [0.3, 0.4) is 0 Å². The minimum Gasteiger partial charge on any atom is -0.322 e. The lowest BCUT2D eigenvalue weighted by atomic mass is 9.94. The Kier molecular flexibility index (Phi) is 6.43. The molecule has 0 heterocycles. The highest BCUT2D eigenvalue weighted by Gasteiger charge is 2.32. The Labute approximate surface area is 171 Å². The Bertz CT molecular complexity index is 925. The Morgan fingerprint density at radius 1 is 1.04 bits per heavy atom. The predicted octanol–water partition coefficient (Wildman–Crippen LogP) is 4.56. The van der Waals surface area contributed by atoms with Gasteiger partial charge < -0.3 is 5.32 Å². The predicted molar refractivity (Wildman–Crippen MR) is 113 cm³/mol. The molecular weight excluding hydrogens is 396 g/mol. The molecule has 1 amide bonds. The fourth-order valence-electron chi connectivity index (χ4n) is 3.47. The van der Waals surface area contributed by atoms with Crippen molar-refractivity contribution in [2.75, 3.05) is 5.32 Å². The van der Waals surface area contributed by atoms with E-state index in [1.165, 1.54) is 0 Å². The van der Waals surface area contributed by atoms with Crippen molar-refractivity contribution >= 4 is 33.2 Å². The van der Waals surface area contributed by atoms with Crippen molar-refractivity contribution in [1.82, 2.24) is 4.72 Å². The Balaban J connectivity index is 1.68. The van der Waals surface area contributed by atoms with Gasteiger partial charge in [-0.15, -0.1) is 0 Å². The number of sulfonamides is 1. The molecule has 2 aromatic rings. The van der Waals surface area contributed by atoms with Gasteiger partial charge in [-0.3, -0.25) is 4.79 Å². The van der Waals surface area contributed by atoms with Crippen molar-refractivity contribution in [3.63, 3.8) is 0 Å². The van der Waals surface area contributed by atoms with E-state index in [0.29, 0.717) is 16.3 Å². The number of hydrogen-bond donors (Lipinski definition) is 2. The summed E-state index contributed by atoms with van der Waals surface area (Å²) < 4.78 is 27.3. The monoisotopic (exact) mass is 420 g/mol. The van der Waals surface area contributed by atoms with Crippen molar-refractivity contribution in [2.24, 2.45) is 0 Å². The highest BCUT2D eigenvalue weighted by atomic mass is 35.5. The zero-order valence-electron chi connectivity index (χ0n) is 16.0. The lowest BCUT2D eigenvalue weighted by Crippen LogP contribution is -2.40. The van der Waals surface area contributed by atoms with Crippen LogP contribution in [0.4, 0.5) is 5.69 Å². The van der Waals surface area contributed by atoms with Crippen LogP contribution in [0, 0.1) is 0 Å². The van der Waals surface area contributed by atoms with Crippen molar-refractivity contribution in [3.05, 3.63) is 64.7 Å². The van der Waals surface area contributed by atoms with Crippen molar-refractivity contribution in [1.29, 1.82) is 0 Å². The van der Waals surface area contributed by atoms with Crippen LogP contribution in [-0.4, -0.2) is 25.6 Å². The van der Waals surface area contributed by atoms with Gasteiger partial charge in [0.2, 0.25) is 10.0 Å². The number of carbonyl (C=O) groups excluding carboxylic acids is 1. The van der Waals surface area contributed by atoms with Crippen LogP contribution >= 0.6 is 11.6 Å². The van der Waals surface area contributed by atoms with E-state index >= 15 is 0 Å². The first-order valence-corrected chi connectivity index (χ1v) is 11.4. The summed E-state index contributed by atoms with van der Waals surface area (Å²) >= 11 is 5.85. The average Bonchev–Trinajstić information content (AvgIpc) is 3.10. The molecule has 2 N–H and O–H groups in total. The van der Waals surface area contributed by atoms with Crippen molar-refractivity contribution < 1.29 is 13.2 Å². The fourth-order valence-corrected chi connectivity index (χ4v) is 4.57. The summed E-state index contributed by atoms with van der Waals surface area (Å²) in [5.41, 5.74) is 2.31. The molecule has 28 heavy (non-hydrogen) atoms. The molecule has 0 saturated heterocycles. The number of hydrogen-bond acceptors (Lipinski definition) is 3. The van der Waals surface area contributed by atoms with Crippen LogP contribution in [0.5, 0.6) is 0 Å². The second-order valence-corrected chi connectivity index (χ2v) is 10.1. The van der Waals surface area contributed by atoms with E-state index in [4.69, 9.17) is 11.6 Å². The molecular formula is C21H25ClN2O3S. The number of carbonyl (C=O) groups is 1. The second-order valence-electron chi connectivity index (χ2n) is 7.44. The van der Waals surface area contributed by atoms with E-state index in [1.54, 1.807) is 38.1 Å². The van der Waals surface area contributed by atoms with Gasteiger partial charge in [0.05, 0.1) is 5.25 Å². The molecule has 0 bridgehead atoms. The molecule has 150 valence electrons. The van der Waals surface area contributed by atoms with E-state index < -0.39 is 15.3 Å². The van der Waals surface area contributed by atoms with Crippen LogP contribution < -0.4 is 10.0 Å². The first-order chi connectivity index (χ1) is 13.3. The van der Waals surface area contributed by atoms with Gasteiger partial charge in [-0.25, -0.2) is 13.1 Å². The molecule has 1 aliphatic rings. The molecule has 2 aromatic carbocycles. The third-order valence-corrected chi connectivity index (χ3v) is 7.28. The van der Waals surface area contributed by atoms with Gasteiger partial charge in [0, 0.05) is 28.2 Å². The van der Waals surface area contributed by atoms with Gasteiger partial charge in [0.15, 0.2) is 0 Å². The van der Waals surface area contributed by atoms with Crippen LogP contribution in [0.1, 0.15) is 54.9 Å². The Morgan fingerprint density at radius 3 is 2.29 bits per heavy atom. The summed E-state index contributed by atoms with van der Waals surface area (Å²) in [6.45, 7) is 3.37. The van der Waals surface area contributed by atoms with Crippen LogP contribution in [0.25, 0.3) is 0 Å². The number of rotatable bonds is 6. The molecule has 1 saturated carbocycles. The molecule has 0 aromatic heterocycles. The van der Waals surface area contributed by atoms with E-state index in [9.17, 15) is 13.2 Å². The summed E-state index contributed by atoms with van der Waals surface area (Å²) in [6.07, 6.45) is 2.78. The first-order valence-electron chi connectivity index (χ1n) is 9.44. The number of amides is 1. The topological polar surface area (TPSA) is 75.3 Å². The number of benzene rings is 2. The van der Waals surface area contributed by atoms with E-state index in [2.05, 4.69) is 10.0 Å². The second kappa shape index (κ2) is 8.64. The molecule has 0 unspecified atom stereocenters. The SMILES string of the molecule is CC(C)S(=O)(=O)N[C@H]1CCC[C@H]1c1ccc(NC(=O)c2ccc(Cl)cc2)cc1. The third-order valence-electron chi connectivity index (χ3n) is 5.16. The standard InChI is InChI=1S/C21H25ClN2O3S/c1-14(2)28(26,27)24-20-5-3-4-19(20)15-8-12-18(13-9-15)23-21(25)16-6-10-17(22)11-7-16/h6-14,19-20,24H,3-5H2,1-2H3,(H,23,25)/t19-,20-/m0/s1. The lowest BCUT2D eigenvalue weighted by Gasteiger charge is -2.23. The summed E-state index contributed by atoms with van der Waals surface area (Å²) in [5.74, 6) is -0.0533. The molecule has 3 rings (SSSR count). The number of anilines is 1. The van der Waals surface area contributed by atoms with Gasteiger partial charge in [-0.2, -0.15) is 0 Å². The average molecular weight is 421 g/mol. The summed E-state index contributed by atoms with van der Waals surface area (Å²) in [4.78, 5) is 12.3. The van der Waals surface area contributed by atoms with Crippen molar-refractivity contribution in [3.8, 4) is 0 Å². The molecule has 0 radical (unpaired) electrons. The maximum atomic E-state index is 12.3. The van der Waals surface area contributed by atoms with E-state index in [-0.39, 0.29) is 17.9 Å². The number of nitrogens with one attached hydrogen (secondary N) is 2. The third kappa shape index (κ3) is 4.93. The molecule has 5 nitrogen and oxygen atoms in total. The minimum absolute atomic E-state index is 0.0816. The minimum atomic E-state index is -3.30. The maximum Gasteiger partial charge on any atom is 0.255 e. The Hall–Kier alpha value is -1.89. The van der Waals surface area contributed by atoms with Gasteiger partial charge in [-0.1, -0.05) is 30.2 Å². The number of halogens is 1. The molecule has 7 heteroatoms. The summed E-state index contributed by atoms with van der Waals surface area (Å²) in [6, 6.07) is 14.3. The van der Waals surface area contributed by atoms with Gasteiger partial charge in [-0.05, 0) is 68.7 Å². The zero-order chi connectivity index (χ0) is 20.3. The summed E-state index contributed by atoms with van der Waals surface area (Å²) in [7, 11) is -3.30. The van der Waals surface area contributed by atoms with E-state index in [0.717, 1.165) is 24.8 Å². The van der Waals surface area contributed by atoms with Crippen LogP contribution in [0.2, 0.25) is 5.02 Å². The maximum absolute atomic E-state index is 12.3. The van der Waals surface area contributed by atoms with Crippen molar-refractivity contribution in [2.45, 2.75) is 50.3 Å². The zero-order valence-corrected chi connectivity index (χ0v) is 17.6. The molecule has 1 fully saturated rings. The van der Waals surface area contributed by atoms with Crippen LogP contribution in [0.15, 0.2) is 48.5 Å². The summed E-state index contributed by atoms with van der Waals surface area (Å²) in [5, 5.41) is 3.00. The largest absolute Gasteiger partial charge is 0.322 e. The first kappa shape index (κ1) is 20.8. The quantitative estimate of drug-likeness (QED) is 0.719. The van der Waals surface area contributed by atoms with Crippen LogP contribution in [-0.2, 0) is 10.0 Å². The normalized spacial score (nSPS) is 19.7. The fraction of sp³-hybridized carbons (Fsp3) is 0.381. The molecule has 1 aliphatic carbocycles. The molecule has 0 spiro atoms. The molecule has 2 atom stereocenters. The Morgan fingerprint density at radius 2 is 1.68 bits per heavy atom.